The molecule has 2 N–H and O–H groups in total. The molecule has 2 aromatic heterocycles. The molecule has 31 heavy (non-hydrogen) atoms. The van der Waals surface area contributed by atoms with Gasteiger partial charge >= 0.3 is 0 Å². The first kappa shape index (κ1) is 22.6. The number of pyridine rings is 1. The van der Waals surface area contributed by atoms with Crippen LogP contribution in [-0.4, -0.2) is 89.8 Å². The van der Waals surface area contributed by atoms with Crippen molar-refractivity contribution in [2.75, 3.05) is 51.3 Å². The van der Waals surface area contributed by atoms with Crippen LogP contribution in [0.5, 0.6) is 0 Å². The summed E-state index contributed by atoms with van der Waals surface area (Å²) in [6.45, 7) is 6.86. The van der Waals surface area contributed by atoms with Crippen molar-refractivity contribution in [3.05, 3.63) is 35.8 Å². The largest absolute Gasteiger partial charge is 0.483 e. The van der Waals surface area contributed by atoms with Gasteiger partial charge in [0.1, 0.15) is 11.5 Å². The van der Waals surface area contributed by atoms with Gasteiger partial charge in [0, 0.05) is 62.8 Å². The molecule has 1 unspecified atom stereocenters. The van der Waals surface area contributed by atoms with Crippen molar-refractivity contribution in [3.8, 4) is 11.4 Å². The molecule has 0 bridgehead atoms. The fraction of sp³-hybridized carbons (Fsp3) is 0.476. The van der Waals surface area contributed by atoms with Crippen molar-refractivity contribution in [1.82, 2.24) is 25.2 Å². The van der Waals surface area contributed by atoms with Crippen LogP contribution in [0, 0.1) is 0 Å². The summed E-state index contributed by atoms with van der Waals surface area (Å²) >= 11 is 0. The molecule has 10 nitrogen and oxygen atoms in total. The van der Waals surface area contributed by atoms with E-state index < -0.39 is 0 Å². The lowest BCUT2D eigenvalue weighted by Gasteiger charge is -2.35. The van der Waals surface area contributed by atoms with E-state index in [0.717, 1.165) is 56.2 Å². The first-order chi connectivity index (χ1) is 15.0. The summed E-state index contributed by atoms with van der Waals surface area (Å²) in [6, 6.07) is 4.12. The molecule has 0 aromatic carbocycles. The van der Waals surface area contributed by atoms with E-state index in [-0.39, 0.29) is 12.4 Å². The Morgan fingerprint density at radius 1 is 1.35 bits per heavy atom. The molecule has 0 spiro atoms. The predicted octanol–water partition coefficient (Wildman–Crippen LogP) is 0.682. The van der Waals surface area contributed by atoms with Gasteiger partial charge in [0.25, 0.3) is 12.4 Å². The molecule has 0 radical (unpaired) electrons. The summed E-state index contributed by atoms with van der Waals surface area (Å²) in [4.78, 5) is 39.0. The number of fused-ring (bicyclic) bond motifs is 1. The first-order valence-corrected chi connectivity index (χ1v) is 10.3. The molecular weight excluding hydrogens is 400 g/mol. The summed E-state index contributed by atoms with van der Waals surface area (Å²) in [7, 11) is 2.04. The van der Waals surface area contributed by atoms with E-state index in [2.05, 4.69) is 32.0 Å². The lowest BCUT2D eigenvalue weighted by molar-refractivity contribution is -0.122. The summed E-state index contributed by atoms with van der Waals surface area (Å²) in [6.07, 6.45) is 4.17. The van der Waals surface area contributed by atoms with Crippen molar-refractivity contribution < 1.29 is 19.4 Å². The Morgan fingerprint density at radius 2 is 2.10 bits per heavy atom. The maximum atomic E-state index is 12.5. The van der Waals surface area contributed by atoms with Crippen LogP contribution in [0.4, 0.5) is 5.82 Å². The highest BCUT2D eigenvalue weighted by atomic mass is 16.5. The number of ether oxygens (including phenoxy) is 1. The molecular formula is C21H28N6O4. The maximum Gasteiger partial charge on any atom is 0.290 e. The highest BCUT2D eigenvalue weighted by Crippen LogP contribution is 2.27. The molecule has 2 aliphatic heterocycles. The second-order valence-electron chi connectivity index (χ2n) is 7.43. The van der Waals surface area contributed by atoms with E-state index in [1.54, 1.807) is 12.4 Å². The minimum Gasteiger partial charge on any atom is -0.483 e. The Balaban J connectivity index is 0.000000858. The molecule has 4 rings (SSSR count). The van der Waals surface area contributed by atoms with E-state index in [4.69, 9.17) is 19.6 Å². The van der Waals surface area contributed by atoms with Crippen LogP contribution >= 0.6 is 0 Å². The fourth-order valence-corrected chi connectivity index (χ4v) is 3.83. The molecule has 1 amide bonds. The van der Waals surface area contributed by atoms with Gasteiger partial charge in [0.15, 0.2) is 5.82 Å². The predicted molar refractivity (Wildman–Crippen MR) is 115 cm³/mol. The zero-order chi connectivity index (χ0) is 22.2. The lowest BCUT2D eigenvalue weighted by atomic mass is 10.0. The quantitative estimate of drug-likeness (QED) is 0.662. The first-order valence-electron chi connectivity index (χ1n) is 10.3. The molecule has 0 saturated carbocycles. The number of carboxylic acid groups (broad SMARTS) is 1. The van der Waals surface area contributed by atoms with Gasteiger partial charge < -0.3 is 20.1 Å². The average Bonchev–Trinajstić information content (AvgIpc) is 2.80. The average molecular weight is 428 g/mol. The van der Waals surface area contributed by atoms with Crippen molar-refractivity contribution in [3.63, 3.8) is 0 Å². The van der Waals surface area contributed by atoms with Gasteiger partial charge in [0.2, 0.25) is 0 Å². The number of likely N-dealkylation sites (N-methyl/N-ethyl adjacent to an activating group) is 1. The van der Waals surface area contributed by atoms with Crippen LogP contribution in [0.2, 0.25) is 0 Å². The third kappa shape index (κ3) is 5.53. The molecule has 0 aliphatic carbocycles. The second-order valence-corrected chi connectivity index (χ2v) is 7.43. The Bertz CT molecular complexity index is 889. The summed E-state index contributed by atoms with van der Waals surface area (Å²) in [5.74, 6) is 1.23. The Kier molecular flexibility index (Phi) is 7.85. The Labute approximate surface area is 181 Å². The molecule has 4 heterocycles. The van der Waals surface area contributed by atoms with E-state index in [0.29, 0.717) is 24.1 Å². The highest BCUT2D eigenvalue weighted by Gasteiger charge is 2.27. The van der Waals surface area contributed by atoms with Crippen molar-refractivity contribution in [2.45, 2.75) is 19.4 Å². The van der Waals surface area contributed by atoms with Crippen molar-refractivity contribution in [2.24, 2.45) is 0 Å². The Morgan fingerprint density at radius 3 is 2.77 bits per heavy atom. The molecule has 166 valence electrons. The number of rotatable bonds is 5. The van der Waals surface area contributed by atoms with Crippen LogP contribution in [0.15, 0.2) is 24.5 Å². The monoisotopic (exact) mass is 428 g/mol. The van der Waals surface area contributed by atoms with Gasteiger partial charge in [-0.1, -0.05) is 0 Å². The maximum absolute atomic E-state index is 12.5. The van der Waals surface area contributed by atoms with Gasteiger partial charge in [-0.05, 0) is 25.5 Å². The number of carbonyl (C=O) groups is 2. The zero-order valence-electron chi connectivity index (χ0n) is 17.8. The number of hydrogen-bond donors (Lipinski definition) is 2. The summed E-state index contributed by atoms with van der Waals surface area (Å²) in [5.41, 5.74) is 2.20. The number of amides is 1. The third-order valence-electron chi connectivity index (χ3n) is 5.35. The molecule has 10 heteroatoms. The van der Waals surface area contributed by atoms with Crippen LogP contribution in [-0.2, 0) is 16.0 Å². The number of nitrogens with one attached hydrogen (secondary N) is 1. The van der Waals surface area contributed by atoms with Crippen molar-refractivity contribution in [1.29, 1.82) is 0 Å². The standard InChI is InChI=1S/C20H26N6O2.CH2O2/c1-14(26-8-10-28-11-9-26)13-25(2)19-16-5-7-22-20(27)17(16)23-18(24-19)15-4-3-6-21-12-15;2-1-3/h3-4,6,12,14H,5,7-11,13H2,1-2H3,(H,22,27);1H,(H,2,3). The number of hydrogen-bond acceptors (Lipinski definition) is 8. The highest BCUT2D eigenvalue weighted by molar-refractivity contribution is 5.96. The lowest BCUT2D eigenvalue weighted by Crippen LogP contribution is -2.47. The van der Waals surface area contributed by atoms with Gasteiger partial charge in [-0.3, -0.25) is 19.5 Å². The Hall–Kier alpha value is -3.11. The second kappa shape index (κ2) is 10.8. The molecule has 1 saturated heterocycles. The number of carbonyl (C=O) groups excluding carboxylic acids is 1. The number of nitrogens with zero attached hydrogens (tertiary/aromatic N) is 5. The van der Waals surface area contributed by atoms with E-state index in [1.165, 1.54) is 0 Å². The van der Waals surface area contributed by atoms with E-state index in [9.17, 15) is 4.79 Å². The fourth-order valence-electron chi connectivity index (χ4n) is 3.83. The molecule has 2 aliphatic rings. The van der Waals surface area contributed by atoms with Crippen LogP contribution < -0.4 is 10.2 Å². The molecule has 1 fully saturated rings. The number of anilines is 1. The van der Waals surface area contributed by atoms with Crippen LogP contribution in [0.1, 0.15) is 23.0 Å². The molecule has 1 atom stereocenters. The smallest absolute Gasteiger partial charge is 0.290 e. The van der Waals surface area contributed by atoms with Gasteiger partial charge in [-0.2, -0.15) is 0 Å². The number of morpholine rings is 1. The van der Waals surface area contributed by atoms with E-state index in [1.807, 2.05) is 19.2 Å². The zero-order valence-corrected chi connectivity index (χ0v) is 17.8. The van der Waals surface area contributed by atoms with E-state index >= 15 is 0 Å². The van der Waals surface area contributed by atoms with Crippen LogP contribution in [0.25, 0.3) is 11.4 Å². The SMILES string of the molecule is CC(CN(C)c1nc(-c2cccnc2)nc2c1CCNC2=O)N1CCOCC1.O=CO. The third-order valence-corrected chi connectivity index (χ3v) is 5.35. The van der Waals surface area contributed by atoms with Crippen LogP contribution in [0.3, 0.4) is 0 Å². The minimum absolute atomic E-state index is 0.135. The summed E-state index contributed by atoms with van der Waals surface area (Å²) in [5, 5.41) is 9.78. The van der Waals surface area contributed by atoms with Gasteiger partial charge in [-0.25, -0.2) is 9.97 Å². The summed E-state index contributed by atoms with van der Waals surface area (Å²) < 4.78 is 5.46. The minimum atomic E-state index is -0.250. The number of aromatic nitrogens is 3. The topological polar surface area (TPSA) is 121 Å². The molecule has 2 aromatic rings. The normalized spacial score (nSPS) is 16.9. The van der Waals surface area contributed by atoms with Crippen molar-refractivity contribution >= 4 is 18.2 Å². The van der Waals surface area contributed by atoms with Gasteiger partial charge in [0.05, 0.1) is 13.2 Å². The van der Waals surface area contributed by atoms with Gasteiger partial charge in [-0.15, -0.1) is 0 Å².